The first-order valence-corrected chi connectivity index (χ1v) is 11.6. The molecule has 0 atom stereocenters. The first kappa shape index (κ1) is 23.8. The lowest BCUT2D eigenvalue weighted by Gasteiger charge is -2.36. The number of aryl methyl sites for hydroxylation is 1. The Morgan fingerprint density at radius 3 is 2.38 bits per heavy atom. The molecule has 0 N–H and O–H groups in total. The molecule has 0 aromatic heterocycles. The van der Waals surface area contributed by atoms with Crippen LogP contribution in [0.5, 0.6) is 0 Å². The van der Waals surface area contributed by atoms with Crippen LogP contribution >= 0.6 is 0 Å². The second-order valence-corrected chi connectivity index (χ2v) is 9.05. The number of piperazine rings is 1. The molecule has 1 aliphatic heterocycles. The molecule has 180 valence electrons. The Labute approximate surface area is 198 Å². The highest BCUT2D eigenvalue weighted by Crippen LogP contribution is 2.31. The average Bonchev–Trinajstić information content (AvgIpc) is 3.68. The van der Waals surface area contributed by atoms with Gasteiger partial charge in [-0.25, -0.2) is 4.39 Å². The van der Waals surface area contributed by atoms with Gasteiger partial charge in [-0.2, -0.15) is 0 Å². The van der Waals surface area contributed by atoms with Crippen LogP contribution in [0.15, 0.2) is 42.5 Å². The molecule has 34 heavy (non-hydrogen) atoms. The Kier molecular flexibility index (Phi) is 7.21. The summed E-state index contributed by atoms with van der Waals surface area (Å²) in [6.45, 7) is 5.76. The number of hydrogen-bond donors (Lipinski definition) is 0. The number of nitrogens with zero attached hydrogens (tertiary/aromatic N) is 4. The Morgan fingerprint density at radius 1 is 1.09 bits per heavy atom. The zero-order valence-corrected chi connectivity index (χ0v) is 19.3. The van der Waals surface area contributed by atoms with Crippen LogP contribution in [0.1, 0.15) is 34.3 Å². The van der Waals surface area contributed by atoms with Gasteiger partial charge in [0.25, 0.3) is 11.6 Å². The van der Waals surface area contributed by atoms with E-state index in [2.05, 4.69) is 4.90 Å². The van der Waals surface area contributed by atoms with Crippen molar-refractivity contribution in [2.45, 2.75) is 26.3 Å². The van der Waals surface area contributed by atoms with Crippen molar-refractivity contribution >= 4 is 17.5 Å². The summed E-state index contributed by atoms with van der Waals surface area (Å²) < 4.78 is 13.2. The highest BCUT2D eigenvalue weighted by Gasteiger charge is 2.33. The van der Waals surface area contributed by atoms with Crippen molar-refractivity contribution in [3.63, 3.8) is 0 Å². The molecule has 9 heteroatoms. The minimum atomic E-state index is -0.468. The number of carbonyl (C=O) groups is 2. The van der Waals surface area contributed by atoms with Gasteiger partial charge in [0, 0.05) is 68.9 Å². The third-order valence-electron chi connectivity index (χ3n) is 6.52. The quantitative estimate of drug-likeness (QED) is 0.439. The molecule has 2 aromatic carbocycles. The fourth-order valence-electron chi connectivity index (χ4n) is 4.22. The van der Waals surface area contributed by atoms with Crippen molar-refractivity contribution in [2.75, 3.05) is 39.3 Å². The lowest BCUT2D eigenvalue weighted by Crippen LogP contribution is -2.50. The van der Waals surface area contributed by atoms with Crippen molar-refractivity contribution in [2.24, 2.45) is 5.92 Å². The lowest BCUT2D eigenvalue weighted by molar-refractivity contribution is -0.385. The predicted molar refractivity (Wildman–Crippen MR) is 125 cm³/mol. The van der Waals surface area contributed by atoms with Gasteiger partial charge in [0.15, 0.2) is 0 Å². The van der Waals surface area contributed by atoms with Gasteiger partial charge >= 0.3 is 0 Å². The van der Waals surface area contributed by atoms with Crippen LogP contribution in [0.25, 0.3) is 0 Å². The van der Waals surface area contributed by atoms with Crippen LogP contribution in [0.3, 0.4) is 0 Å². The van der Waals surface area contributed by atoms with E-state index < -0.39 is 4.92 Å². The summed E-state index contributed by atoms with van der Waals surface area (Å²) in [6.07, 6.45) is 1.85. The molecular formula is C25H29FN4O4. The van der Waals surface area contributed by atoms with Crippen molar-refractivity contribution in [1.29, 1.82) is 0 Å². The predicted octanol–water partition coefficient (Wildman–Crippen LogP) is 3.24. The Hall–Kier alpha value is -3.33. The van der Waals surface area contributed by atoms with E-state index in [4.69, 9.17) is 0 Å². The SMILES string of the molecule is Cc1ccc(C(=O)N2CCN(CCN(Cc3ccc(F)cc3)C(=O)C3CC3)CC2)cc1[N+](=O)[O-]. The Morgan fingerprint density at radius 2 is 1.76 bits per heavy atom. The molecule has 1 saturated carbocycles. The first-order valence-electron chi connectivity index (χ1n) is 11.6. The summed E-state index contributed by atoms with van der Waals surface area (Å²) in [4.78, 5) is 42.2. The summed E-state index contributed by atoms with van der Waals surface area (Å²) in [5.41, 5.74) is 1.70. The third-order valence-corrected chi connectivity index (χ3v) is 6.52. The number of halogens is 1. The maximum atomic E-state index is 13.2. The molecule has 0 bridgehead atoms. The summed E-state index contributed by atoms with van der Waals surface area (Å²) in [7, 11) is 0. The summed E-state index contributed by atoms with van der Waals surface area (Å²) >= 11 is 0. The van der Waals surface area contributed by atoms with Gasteiger partial charge in [0.05, 0.1) is 4.92 Å². The maximum Gasteiger partial charge on any atom is 0.273 e. The molecule has 2 aliphatic rings. The van der Waals surface area contributed by atoms with Gasteiger partial charge in [-0.15, -0.1) is 0 Å². The van der Waals surface area contributed by atoms with Gasteiger partial charge in [-0.3, -0.25) is 24.6 Å². The van der Waals surface area contributed by atoms with Gasteiger partial charge < -0.3 is 9.80 Å². The zero-order chi connectivity index (χ0) is 24.2. The fourth-order valence-corrected chi connectivity index (χ4v) is 4.22. The highest BCUT2D eigenvalue weighted by molar-refractivity contribution is 5.95. The molecule has 1 saturated heterocycles. The van der Waals surface area contributed by atoms with Crippen LogP contribution in [0.4, 0.5) is 10.1 Å². The topological polar surface area (TPSA) is 87.0 Å². The molecular weight excluding hydrogens is 439 g/mol. The first-order chi connectivity index (χ1) is 16.3. The van der Waals surface area contributed by atoms with E-state index in [1.807, 2.05) is 4.90 Å². The zero-order valence-electron chi connectivity index (χ0n) is 19.3. The van der Waals surface area contributed by atoms with E-state index in [9.17, 15) is 24.1 Å². The van der Waals surface area contributed by atoms with Crippen LogP contribution in [-0.4, -0.2) is 70.7 Å². The smallest absolute Gasteiger partial charge is 0.273 e. The van der Waals surface area contributed by atoms with Gasteiger partial charge in [-0.05, 0) is 43.5 Å². The molecule has 2 amide bonds. The second kappa shape index (κ2) is 10.3. The molecule has 0 spiro atoms. The van der Waals surface area contributed by atoms with E-state index in [-0.39, 0.29) is 29.2 Å². The maximum absolute atomic E-state index is 13.2. The minimum absolute atomic E-state index is 0.0499. The number of rotatable bonds is 8. The van der Waals surface area contributed by atoms with E-state index in [0.717, 1.165) is 18.4 Å². The normalized spacial score (nSPS) is 16.4. The van der Waals surface area contributed by atoms with Gasteiger partial charge in [0.2, 0.25) is 5.91 Å². The minimum Gasteiger partial charge on any atom is -0.337 e. The van der Waals surface area contributed by atoms with Crippen molar-refractivity contribution in [3.8, 4) is 0 Å². The largest absolute Gasteiger partial charge is 0.337 e. The summed E-state index contributed by atoms with van der Waals surface area (Å²) in [6, 6.07) is 10.8. The van der Waals surface area contributed by atoms with E-state index in [0.29, 0.717) is 56.9 Å². The van der Waals surface area contributed by atoms with Crippen LogP contribution < -0.4 is 0 Å². The van der Waals surface area contributed by atoms with Crippen LogP contribution in [0.2, 0.25) is 0 Å². The fraction of sp³-hybridized carbons (Fsp3) is 0.440. The molecule has 2 aromatic rings. The monoisotopic (exact) mass is 468 g/mol. The Bertz CT molecular complexity index is 1060. The highest BCUT2D eigenvalue weighted by atomic mass is 19.1. The van der Waals surface area contributed by atoms with Crippen molar-refractivity contribution < 1.29 is 18.9 Å². The molecule has 1 heterocycles. The molecule has 0 unspecified atom stereocenters. The number of nitro groups is 1. The lowest BCUT2D eigenvalue weighted by atomic mass is 10.1. The molecule has 1 aliphatic carbocycles. The number of nitro benzene ring substituents is 1. The summed E-state index contributed by atoms with van der Waals surface area (Å²) in [5.74, 6) is -0.242. The Balaban J connectivity index is 1.31. The van der Waals surface area contributed by atoms with Crippen LogP contribution in [0, 0.1) is 28.8 Å². The molecule has 0 radical (unpaired) electrons. The van der Waals surface area contributed by atoms with Gasteiger partial charge in [0.1, 0.15) is 5.82 Å². The molecule has 2 fully saturated rings. The number of carbonyl (C=O) groups excluding carboxylic acids is 2. The summed E-state index contributed by atoms with van der Waals surface area (Å²) in [5, 5.41) is 11.2. The van der Waals surface area contributed by atoms with Crippen molar-refractivity contribution in [3.05, 3.63) is 75.1 Å². The molecule has 8 nitrogen and oxygen atoms in total. The standard InChI is InChI=1S/C25H29FN4O4/c1-18-2-5-21(16-23(18)30(33)34)25(32)28-13-10-27(11-14-28)12-15-29(24(31)20-6-7-20)17-19-3-8-22(26)9-4-19/h2-5,8-9,16,20H,6-7,10-15,17H2,1H3. The van der Waals surface area contributed by atoms with Gasteiger partial charge in [-0.1, -0.05) is 18.2 Å². The molecule has 4 rings (SSSR count). The number of benzene rings is 2. The van der Waals surface area contributed by atoms with Crippen molar-refractivity contribution in [1.82, 2.24) is 14.7 Å². The average molecular weight is 469 g/mol. The van der Waals surface area contributed by atoms with E-state index in [1.165, 1.54) is 18.2 Å². The number of hydrogen-bond acceptors (Lipinski definition) is 5. The number of amides is 2. The van der Waals surface area contributed by atoms with Crippen LogP contribution in [-0.2, 0) is 11.3 Å². The second-order valence-electron chi connectivity index (χ2n) is 9.05. The third kappa shape index (κ3) is 5.77. The van der Waals surface area contributed by atoms with E-state index >= 15 is 0 Å². The van der Waals surface area contributed by atoms with E-state index in [1.54, 1.807) is 36.1 Å².